The normalized spacial score (nSPS) is 10.2. The Morgan fingerprint density at radius 1 is 1.00 bits per heavy atom. The second-order valence-electron chi connectivity index (χ2n) is 5.61. The number of carbonyl (C=O) groups excluding carboxylic acids is 2. The number of rotatable bonds is 7. The Labute approximate surface area is 153 Å². The molecule has 0 aromatic heterocycles. The fourth-order valence-electron chi connectivity index (χ4n) is 2.21. The summed E-state index contributed by atoms with van der Waals surface area (Å²) in [6.07, 6.45) is 0. The van der Waals surface area contributed by atoms with E-state index in [0.29, 0.717) is 29.3 Å². The summed E-state index contributed by atoms with van der Waals surface area (Å²) in [7, 11) is 0. The molecule has 0 aliphatic heterocycles. The highest BCUT2D eigenvalue weighted by atomic mass is 32.1. The van der Waals surface area contributed by atoms with E-state index in [2.05, 4.69) is 23.3 Å². The van der Waals surface area contributed by atoms with Crippen LogP contribution in [0, 0.1) is 13.8 Å². The second-order valence-corrected chi connectivity index (χ2v) is 6.09. The summed E-state index contributed by atoms with van der Waals surface area (Å²) in [5.41, 5.74) is 2.65. The quantitative estimate of drug-likeness (QED) is 0.526. The first kappa shape index (κ1) is 18.9. The van der Waals surface area contributed by atoms with Crippen molar-refractivity contribution in [2.75, 3.05) is 19.7 Å². The molecule has 6 heteroatoms. The van der Waals surface area contributed by atoms with Crippen molar-refractivity contribution in [3.8, 4) is 5.75 Å². The van der Waals surface area contributed by atoms with Gasteiger partial charge in [-0.3, -0.25) is 9.59 Å². The molecule has 0 aliphatic carbocycles. The minimum absolute atomic E-state index is 0.0578. The van der Waals surface area contributed by atoms with E-state index in [1.165, 1.54) is 0 Å². The minimum Gasteiger partial charge on any atom is -0.483 e. The van der Waals surface area contributed by atoms with Gasteiger partial charge in [0.05, 0.1) is 5.56 Å². The van der Waals surface area contributed by atoms with Crippen LogP contribution in [0.4, 0.5) is 0 Å². The number of benzene rings is 2. The summed E-state index contributed by atoms with van der Waals surface area (Å²) in [4.78, 5) is 24.4. The van der Waals surface area contributed by atoms with E-state index in [1.807, 2.05) is 38.1 Å². The Kier molecular flexibility index (Phi) is 6.89. The number of amides is 2. The highest BCUT2D eigenvalue weighted by Crippen LogP contribution is 2.20. The first-order chi connectivity index (χ1) is 12.0. The first-order valence-corrected chi connectivity index (χ1v) is 8.45. The van der Waals surface area contributed by atoms with E-state index in [4.69, 9.17) is 4.74 Å². The molecule has 2 aromatic carbocycles. The van der Waals surface area contributed by atoms with E-state index in [1.54, 1.807) is 18.2 Å². The van der Waals surface area contributed by atoms with Gasteiger partial charge in [0.2, 0.25) is 0 Å². The molecule has 0 atom stereocenters. The standard InChI is InChI=1S/C19H22N2O3S/c1-13-6-5-8-16(14(13)2)24-12-18(22)20-10-11-21-19(23)15-7-3-4-9-17(15)25/h3-9,25H,10-12H2,1-2H3,(H,20,22)(H,21,23). The predicted molar refractivity (Wildman–Crippen MR) is 100 cm³/mol. The van der Waals surface area contributed by atoms with Crippen LogP contribution >= 0.6 is 12.6 Å². The minimum atomic E-state index is -0.232. The number of hydrogen-bond acceptors (Lipinski definition) is 4. The number of carbonyl (C=O) groups is 2. The molecule has 25 heavy (non-hydrogen) atoms. The van der Waals surface area contributed by atoms with Crippen LogP contribution in [0.15, 0.2) is 47.4 Å². The smallest absolute Gasteiger partial charge is 0.258 e. The number of thiol groups is 1. The maximum absolute atomic E-state index is 12.0. The Morgan fingerprint density at radius 2 is 1.72 bits per heavy atom. The van der Waals surface area contributed by atoms with Gasteiger partial charge < -0.3 is 15.4 Å². The van der Waals surface area contributed by atoms with Gasteiger partial charge in [-0.15, -0.1) is 12.6 Å². The molecule has 0 radical (unpaired) electrons. The van der Waals surface area contributed by atoms with Crippen molar-refractivity contribution in [2.24, 2.45) is 0 Å². The van der Waals surface area contributed by atoms with Crippen molar-refractivity contribution in [3.05, 3.63) is 59.2 Å². The average molecular weight is 358 g/mol. The molecular formula is C19H22N2O3S. The third-order valence-corrected chi connectivity index (χ3v) is 4.19. The van der Waals surface area contributed by atoms with Gasteiger partial charge in [-0.05, 0) is 43.2 Å². The van der Waals surface area contributed by atoms with Crippen molar-refractivity contribution in [3.63, 3.8) is 0 Å². The van der Waals surface area contributed by atoms with Crippen LogP contribution in [0.3, 0.4) is 0 Å². The molecule has 0 spiro atoms. The third kappa shape index (κ3) is 5.53. The van der Waals surface area contributed by atoms with Crippen LogP contribution in [0.2, 0.25) is 0 Å². The van der Waals surface area contributed by atoms with Crippen LogP contribution in [-0.2, 0) is 4.79 Å². The van der Waals surface area contributed by atoms with Gasteiger partial charge in [-0.25, -0.2) is 0 Å². The van der Waals surface area contributed by atoms with Crippen molar-refractivity contribution >= 4 is 24.4 Å². The van der Waals surface area contributed by atoms with Crippen molar-refractivity contribution < 1.29 is 14.3 Å². The molecule has 0 aliphatic rings. The van der Waals surface area contributed by atoms with Crippen LogP contribution in [0.1, 0.15) is 21.5 Å². The molecule has 132 valence electrons. The summed E-state index contributed by atoms with van der Waals surface area (Å²) in [6, 6.07) is 12.8. The number of hydrogen-bond donors (Lipinski definition) is 3. The number of ether oxygens (including phenoxy) is 1. The third-order valence-electron chi connectivity index (χ3n) is 3.80. The molecule has 0 unspecified atom stereocenters. The Bertz CT molecular complexity index is 762. The largest absolute Gasteiger partial charge is 0.483 e. The summed E-state index contributed by atoms with van der Waals surface area (Å²) in [6.45, 7) is 4.55. The van der Waals surface area contributed by atoms with Crippen LogP contribution in [0.5, 0.6) is 5.75 Å². The molecule has 0 fully saturated rings. The fourth-order valence-corrected chi connectivity index (χ4v) is 2.48. The molecule has 0 heterocycles. The number of nitrogens with one attached hydrogen (secondary N) is 2. The average Bonchev–Trinajstić information content (AvgIpc) is 2.60. The lowest BCUT2D eigenvalue weighted by molar-refractivity contribution is -0.123. The lowest BCUT2D eigenvalue weighted by Gasteiger charge is -2.11. The second kappa shape index (κ2) is 9.13. The van der Waals surface area contributed by atoms with Crippen molar-refractivity contribution in [1.29, 1.82) is 0 Å². The van der Waals surface area contributed by atoms with E-state index >= 15 is 0 Å². The lowest BCUT2D eigenvalue weighted by atomic mass is 10.1. The monoisotopic (exact) mass is 358 g/mol. The molecular weight excluding hydrogens is 336 g/mol. The van der Waals surface area contributed by atoms with Gasteiger partial charge >= 0.3 is 0 Å². The highest BCUT2D eigenvalue weighted by molar-refractivity contribution is 7.80. The van der Waals surface area contributed by atoms with Gasteiger partial charge in [0.1, 0.15) is 5.75 Å². The first-order valence-electron chi connectivity index (χ1n) is 8.01. The molecule has 2 N–H and O–H groups in total. The summed E-state index contributed by atoms with van der Waals surface area (Å²) in [5.74, 6) is 0.255. The zero-order chi connectivity index (χ0) is 18.2. The van der Waals surface area contributed by atoms with Gasteiger partial charge in [0.15, 0.2) is 6.61 Å². The Morgan fingerprint density at radius 3 is 2.48 bits per heavy atom. The van der Waals surface area contributed by atoms with Gasteiger partial charge in [-0.2, -0.15) is 0 Å². The topological polar surface area (TPSA) is 67.4 Å². The molecule has 2 rings (SSSR count). The molecule has 2 amide bonds. The summed E-state index contributed by atoms with van der Waals surface area (Å²) >= 11 is 4.25. The summed E-state index contributed by atoms with van der Waals surface area (Å²) in [5, 5.41) is 5.45. The summed E-state index contributed by atoms with van der Waals surface area (Å²) < 4.78 is 5.53. The van der Waals surface area contributed by atoms with Crippen molar-refractivity contribution in [1.82, 2.24) is 10.6 Å². The van der Waals surface area contributed by atoms with E-state index in [9.17, 15) is 9.59 Å². The van der Waals surface area contributed by atoms with Gasteiger partial charge in [0, 0.05) is 18.0 Å². The molecule has 0 saturated carbocycles. The SMILES string of the molecule is Cc1cccc(OCC(=O)NCCNC(=O)c2ccccc2S)c1C. The van der Waals surface area contributed by atoms with Crippen molar-refractivity contribution in [2.45, 2.75) is 18.7 Å². The predicted octanol–water partition coefficient (Wildman–Crippen LogP) is 2.52. The maximum atomic E-state index is 12.0. The Hall–Kier alpha value is -2.47. The molecule has 0 saturated heterocycles. The maximum Gasteiger partial charge on any atom is 0.258 e. The van der Waals surface area contributed by atoms with E-state index in [0.717, 1.165) is 11.1 Å². The molecule has 5 nitrogen and oxygen atoms in total. The fraction of sp³-hybridized carbons (Fsp3) is 0.263. The number of aryl methyl sites for hydroxylation is 1. The van der Waals surface area contributed by atoms with E-state index < -0.39 is 0 Å². The van der Waals surface area contributed by atoms with Gasteiger partial charge in [0.25, 0.3) is 11.8 Å². The zero-order valence-corrected chi connectivity index (χ0v) is 15.2. The van der Waals surface area contributed by atoms with Crippen LogP contribution < -0.4 is 15.4 Å². The van der Waals surface area contributed by atoms with E-state index in [-0.39, 0.29) is 18.4 Å². The molecule has 2 aromatic rings. The van der Waals surface area contributed by atoms with Crippen LogP contribution in [0.25, 0.3) is 0 Å². The lowest BCUT2D eigenvalue weighted by Crippen LogP contribution is -2.36. The Balaban J connectivity index is 1.70. The molecule has 0 bridgehead atoms. The highest BCUT2D eigenvalue weighted by Gasteiger charge is 2.09. The van der Waals surface area contributed by atoms with Gasteiger partial charge in [-0.1, -0.05) is 24.3 Å². The van der Waals surface area contributed by atoms with Crippen LogP contribution in [-0.4, -0.2) is 31.5 Å². The zero-order valence-electron chi connectivity index (χ0n) is 14.3.